The molecule has 0 atom stereocenters. The molecule has 0 radical (unpaired) electrons. The van der Waals surface area contributed by atoms with Gasteiger partial charge in [0.2, 0.25) is 0 Å². The Morgan fingerprint density at radius 2 is 1.89 bits per heavy atom. The van der Waals surface area contributed by atoms with Crippen molar-refractivity contribution in [3.05, 3.63) is 52.7 Å². The lowest BCUT2D eigenvalue weighted by Gasteiger charge is -2.07. The number of aromatic nitrogens is 2. The van der Waals surface area contributed by atoms with E-state index in [0.29, 0.717) is 6.54 Å². The normalized spacial score (nSPS) is 10.6. The monoisotopic (exact) mass is 259 g/mol. The van der Waals surface area contributed by atoms with Gasteiger partial charge in [0.1, 0.15) is 0 Å². The summed E-state index contributed by atoms with van der Waals surface area (Å²) in [5, 5.41) is 3.33. The van der Waals surface area contributed by atoms with Gasteiger partial charge in [0.15, 0.2) is 0 Å². The van der Waals surface area contributed by atoms with Crippen LogP contribution < -0.4 is 11.0 Å². The van der Waals surface area contributed by atoms with E-state index in [1.807, 2.05) is 24.5 Å². The van der Waals surface area contributed by atoms with E-state index in [1.165, 1.54) is 5.56 Å². The topological polar surface area (TPSA) is 39.0 Å². The van der Waals surface area contributed by atoms with Crippen molar-refractivity contribution < 1.29 is 0 Å². The third kappa shape index (κ3) is 3.50. The van der Waals surface area contributed by atoms with Crippen LogP contribution in [0.2, 0.25) is 0 Å². The predicted octanol–water partition coefficient (Wildman–Crippen LogP) is 2.48. The minimum Gasteiger partial charge on any atom is -0.383 e. The number of hydrogen-bond donors (Lipinski definition) is 1. The van der Waals surface area contributed by atoms with Crippen LogP contribution in [0.15, 0.2) is 41.5 Å². The maximum atomic E-state index is 12.0. The van der Waals surface area contributed by atoms with Crippen LogP contribution in [0.4, 0.5) is 5.69 Å². The van der Waals surface area contributed by atoms with Crippen LogP contribution in [-0.2, 0) is 13.1 Å². The van der Waals surface area contributed by atoms with E-state index in [2.05, 4.69) is 31.3 Å². The van der Waals surface area contributed by atoms with Crippen molar-refractivity contribution in [2.75, 3.05) is 11.9 Å². The molecule has 0 aliphatic rings. The Morgan fingerprint density at radius 3 is 2.58 bits per heavy atom. The fourth-order valence-electron chi connectivity index (χ4n) is 2.11. The van der Waals surface area contributed by atoms with E-state index in [4.69, 9.17) is 0 Å². The van der Waals surface area contributed by atoms with Crippen molar-refractivity contribution >= 4 is 5.69 Å². The largest absolute Gasteiger partial charge is 0.383 e. The third-order valence-corrected chi connectivity index (χ3v) is 3.08. The maximum absolute atomic E-state index is 12.0. The molecule has 2 rings (SSSR count). The molecule has 0 amide bonds. The predicted molar refractivity (Wildman–Crippen MR) is 78.7 cm³/mol. The minimum absolute atomic E-state index is 0.0768. The summed E-state index contributed by atoms with van der Waals surface area (Å²) in [5.74, 6) is 0. The molecule has 0 aliphatic heterocycles. The second kappa shape index (κ2) is 6.27. The van der Waals surface area contributed by atoms with Gasteiger partial charge in [-0.3, -0.25) is 9.13 Å². The molecular weight excluding hydrogens is 238 g/mol. The molecule has 0 fully saturated rings. The summed E-state index contributed by atoms with van der Waals surface area (Å²) in [7, 11) is 0. The smallest absolute Gasteiger partial charge is 0.328 e. The minimum atomic E-state index is 0.0768. The van der Waals surface area contributed by atoms with Crippen LogP contribution in [0, 0.1) is 6.92 Å². The van der Waals surface area contributed by atoms with E-state index in [-0.39, 0.29) is 5.69 Å². The highest BCUT2D eigenvalue weighted by Gasteiger charge is 2.01. The molecule has 1 aromatic carbocycles. The van der Waals surface area contributed by atoms with Crippen molar-refractivity contribution in [1.29, 1.82) is 0 Å². The molecule has 19 heavy (non-hydrogen) atoms. The summed E-state index contributed by atoms with van der Waals surface area (Å²) in [6.45, 7) is 6.36. The molecule has 0 bridgehead atoms. The Balaban J connectivity index is 1.91. The zero-order valence-electron chi connectivity index (χ0n) is 11.6. The van der Waals surface area contributed by atoms with Crippen LogP contribution in [-0.4, -0.2) is 15.7 Å². The number of aryl methyl sites for hydroxylation is 2. The zero-order valence-corrected chi connectivity index (χ0v) is 11.6. The first-order chi connectivity index (χ1) is 9.20. The van der Waals surface area contributed by atoms with Crippen LogP contribution in [0.5, 0.6) is 0 Å². The molecule has 4 nitrogen and oxygen atoms in total. The van der Waals surface area contributed by atoms with Crippen molar-refractivity contribution in [1.82, 2.24) is 9.13 Å². The second-order valence-corrected chi connectivity index (χ2v) is 4.76. The number of imidazole rings is 1. The maximum Gasteiger partial charge on any atom is 0.328 e. The molecule has 0 aliphatic carbocycles. The highest BCUT2D eigenvalue weighted by atomic mass is 16.1. The standard InChI is InChI=1S/C15H21N3O/c1-3-8-17-10-11-18(15(17)19)9-7-16-14-6-4-5-13(2)12-14/h4-6,10-12,16H,3,7-9H2,1-2H3. The Kier molecular flexibility index (Phi) is 4.44. The highest BCUT2D eigenvalue weighted by molar-refractivity contribution is 5.45. The SMILES string of the molecule is CCCn1ccn(CCNc2cccc(C)c2)c1=O. The number of anilines is 1. The number of hydrogen-bond acceptors (Lipinski definition) is 2. The lowest BCUT2D eigenvalue weighted by molar-refractivity contribution is 0.610. The Morgan fingerprint density at radius 1 is 1.16 bits per heavy atom. The molecule has 1 heterocycles. The van der Waals surface area contributed by atoms with Crippen molar-refractivity contribution in [2.24, 2.45) is 0 Å². The fraction of sp³-hybridized carbons (Fsp3) is 0.400. The molecule has 1 aromatic heterocycles. The lowest BCUT2D eigenvalue weighted by atomic mass is 10.2. The fourth-order valence-corrected chi connectivity index (χ4v) is 2.11. The first-order valence-corrected chi connectivity index (χ1v) is 6.77. The Hall–Kier alpha value is -1.97. The molecule has 0 unspecified atom stereocenters. The van der Waals surface area contributed by atoms with Gasteiger partial charge in [0.25, 0.3) is 0 Å². The van der Waals surface area contributed by atoms with Crippen LogP contribution in [0.3, 0.4) is 0 Å². The summed E-state index contributed by atoms with van der Waals surface area (Å²) in [4.78, 5) is 12.0. The summed E-state index contributed by atoms with van der Waals surface area (Å²) >= 11 is 0. The molecule has 0 spiro atoms. The highest BCUT2D eigenvalue weighted by Crippen LogP contribution is 2.08. The second-order valence-electron chi connectivity index (χ2n) is 4.76. The van der Waals surface area contributed by atoms with Gasteiger partial charge in [0, 0.05) is 37.7 Å². The van der Waals surface area contributed by atoms with Gasteiger partial charge < -0.3 is 5.32 Å². The van der Waals surface area contributed by atoms with Crippen molar-refractivity contribution in [2.45, 2.75) is 33.4 Å². The van der Waals surface area contributed by atoms with Gasteiger partial charge in [-0.25, -0.2) is 4.79 Å². The van der Waals surface area contributed by atoms with Gasteiger partial charge in [-0.05, 0) is 31.0 Å². The van der Waals surface area contributed by atoms with Gasteiger partial charge in [-0.2, -0.15) is 0 Å². The lowest BCUT2D eigenvalue weighted by Crippen LogP contribution is -2.26. The van der Waals surface area contributed by atoms with E-state index in [9.17, 15) is 4.79 Å². The molecule has 1 N–H and O–H groups in total. The van der Waals surface area contributed by atoms with E-state index in [0.717, 1.165) is 25.2 Å². The average molecular weight is 259 g/mol. The van der Waals surface area contributed by atoms with Gasteiger partial charge in [-0.1, -0.05) is 19.1 Å². The van der Waals surface area contributed by atoms with Crippen LogP contribution >= 0.6 is 0 Å². The number of benzene rings is 1. The molecule has 4 heteroatoms. The first-order valence-electron chi connectivity index (χ1n) is 6.77. The van der Waals surface area contributed by atoms with Crippen molar-refractivity contribution in [3.63, 3.8) is 0 Å². The third-order valence-electron chi connectivity index (χ3n) is 3.08. The molecule has 2 aromatic rings. The van der Waals surface area contributed by atoms with Gasteiger partial charge >= 0.3 is 5.69 Å². The number of nitrogens with zero attached hydrogens (tertiary/aromatic N) is 2. The summed E-state index contributed by atoms with van der Waals surface area (Å²) in [6, 6.07) is 8.24. The van der Waals surface area contributed by atoms with E-state index < -0.39 is 0 Å². The quantitative estimate of drug-likeness (QED) is 0.865. The van der Waals surface area contributed by atoms with Crippen LogP contribution in [0.1, 0.15) is 18.9 Å². The van der Waals surface area contributed by atoms with Crippen LogP contribution in [0.25, 0.3) is 0 Å². The molecule has 0 saturated carbocycles. The zero-order chi connectivity index (χ0) is 13.7. The molecular formula is C15H21N3O. The Bertz CT molecular complexity index is 583. The Labute approximate surface area is 113 Å². The van der Waals surface area contributed by atoms with E-state index >= 15 is 0 Å². The van der Waals surface area contributed by atoms with Crippen molar-refractivity contribution in [3.8, 4) is 0 Å². The van der Waals surface area contributed by atoms with Gasteiger partial charge in [0.05, 0.1) is 0 Å². The van der Waals surface area contributed by atoms with E-state index in [1.54, 1.807) is 9.13 Å². The number of nitrogens with one attached hydrogen (secondary N) is 1. The number of rotatable bonds is 6. The summed E-state index contributed by atoms with van der Waals surface area (Å²) in [6.07, 6.45) is 4.69. The summed E-state index contributed by atoms with van der Waals surface area (Å²) in [5.41, 5.74) is 2.41. The molecule has 0 saturated heterocycles. The average Bonchev–Trinajstić information content (AvgIpc) is 2.72. The summed E-state index contributed by atoms with van der Waals surface area (Å²) < 4.78 is 3.51. The van der Waals surface area contributed by atoms with Gasteiger partial charge in [-0.15, -0.1) is 0 Å². The first kappa shape index (κ1) is 13.5. The molecule has 102 valence electrons.